The van der Waals surface area contributed by atoms with Crippen molar-refractivity contribution in [3.63, 3.8) is 0 Å². The summed E-state index contributed by atoms with van der Waals surface area (Å²) in [6, 6.07) is 6.72. The Labute approximate surface area is 203 Å². The Bertz CT molecular complexity index is 1070. The quantitative estimate of drug-likeness (QED) is 0.475. The van der Waals surface area contributed by atoms with Gasteiger partial charge in [-0.25, -0.2) is 0 Å². The third-order valence-electron chi connectivity index (χ3n) is 9.12. The molecule has 33 heavy (non-hydrogen) atoms. The van der Waals surface area contributed by atoms with Gasteiger partial charge in [0.2, 0.25) is 0 Å². The average Bonchev–Trinajstić information content (AvgIpc) is 3.59. The van der Waals surface area contributed by atoms with Crippen LogP contribution < -0.4 is 0 Å². The second kappa shape index (κ2) is 8.75. The second-order valence-corrected chi connectivity index (χ2v) is 11.4. The summed E-state index contributed by atoms with van der Waals surface area (Å²) in [7, 11) is 0. The molecule has 0 saturated heterocycles. The van der Waals surface area contributed by atoms with Crippen LogP contribution in [0.1, 0.15) is 94.6 Å². The van der Waals surface area contributed by atoms with Gasteiger partial charge in [0.25, 0.3) is 0 Å². The van der Waals surface area contributed by atoms with E-state index in [9.17, 15) is 9.90 Å². The summed E-state index contributed by atoms with van der Waals surface area (Å²) in [6.07, 6.45) is 15.6. The molecule has 3 saturated carbocycles. The van der Waals surface area contributed by atoms with Gasteiger partial charge < -0.3 is 5.11 Å². The summed E-state index contributed by atoms with van der Waals surface area (Å²) < 4.78 is 0. The topological polar surface area (TPSA) is 37.3 Å². The Morgan fingerprint density at radius 3 is 2.61 bits per heavy atom. The molecule has 5 unspecified atom stereocenters. The fourth-order valence-corrected chi connectivity index (χ4v) is 7.69. The van der Waals surface area contributed by atoms with E-state index in [2.05, 4.69) is 37.5 Å². The number of fused-ring (bicyclic) bond motifs is 4. The van der Waals surface area contributed by atoms with Crippen LogP contribution in [0.2, 0.25) is 5.02 Å². The van der Waals surface area contributed by atoms with E-state index in [4.69, 9.17) is 11.6 Å². The number of aliphatic hydroxyl groups is 1. The van der Waals surface area contributed by atoms with Crippen LogP contribution in [0.3, 0.4) is 0 Å². The van der Waals surface area contributed by atoms with E-state index in [0.717, 1.165) is 43.5 Å². The number of hydrogen-bond donors (Lipinski definition) is 1. The Kier molecular flexibility index (Phi) is 6.09. The zero-order chi connectivity index (χ0) is 23.3. The molecule has 6 rings (SSSR count). The highest BCUT2D eigenvalue weighted by atomic mass is 35.5. The number of carbonyl (C=O) groups is 1. The maximum atomic E-state index is 12.1. The lowest BCUT2D eigenvalue weighted by Gasteiger charge is -2.52. The molecule has 3 heteroatoms. The van der Waals surface area contributed by atoms with Crippen molar-refractivity contribution in [3.8, 4) is 12.3 Å². The molecule has 0 bridgehead atoms. The third-order valence-corrected chi connectivity index (χ3v) is 9.47. The van der Waals surface area contributed by atoms with E-state index in [1.165, 1.54) is 35.1 Å². The molecule has 0 heterocycles. The van der Waals surface area contributed by atoms with Gasteiger partial charge in [-0.15, -0.1) is 12.3 Å². The predicted molar refractivity (Wildman–Crippen MR) is 134 cm³/mol. The van der Waals surface area contributed by atoms with Crippen molar-refractivity contribution in [1.29, 1.82) is 0 Å². The first-order valence-electron chi connectivity index (χ1n) is 12.7. The van der Waals surface area contributed by atoms with Crippen molar-refractivity contribution in [2.75, 3.05) is 0 Å². The average molecular weight is 463 g/mol. The minimum absolute atomic E-state index is 0.00945. The molecule has 1 N–H and O–H groups in total. The van der Waals surface area contributed by atoms with Gasteiger partial charge in [0.05, 0.1) is 6.10 Å². The minimum atomic E-state index is -0.198. The van der Waals surface area contributed by atoms with E-state index in [-0.39, 0.29) is 11.5 Å². The first-order valence-corrected chi connectivity index (χ1v) is 13.1. The summed E-state index contributed by atoms with van der Waals surface area (Å²) in [5.74, 6) is 4.63. The fourth-order valence-electron chi connectivity index (χ4n) is 7.42. The molecule has 3 fully saturated rings. The van der Waals surface area contributed by atoms with E-state index >= 15 is 0 Å². The van der Waals surface area contributed by atoms with Crippen molar-refractivity contribution in [3.05, 3.63) is 57.1 Å². The van der Waals surface area contributed by atoms with Gasteiger partial charge in [-0.05, 0) is 116 Å². The van der Waals surface area contributed by atoms with Crippen LogP contribution >= 0.6 is 11.6 Å². The van der Waals surface area contributed by atoms with Crippen LogP contribution in [0, 0.1) is 29.6 Å². The van der Waals surface area contributed by atoms with E-state index in [1.54, 1.807) is 12.5 Å². The molecule has 0 spiro atoms. The molecular formula is C30H35ClO2. The minimum Gasteiger partial charge on any atom is -0.393 e. The molecule has 2 nitrogen and oxygen atoms in total. The van der Waals surface area contributed by atoms with Crippen molar-refractivity contribution in [2.24, 2.45) is 17.3 Å². The lowest BCUT2D eigenvalue weighted by molar-refractivity contribution is -0.114. The maximum absolute atomic E-state index is 12.1. The lowest BCUT2D eigenvalue weighted by atomic mass is 9.53. The number of terminal acetylenes is 1. The van der Waals surface area contributed by atoms with Crippen molar-refractivity contribution in [1.82, 2.24) is 0 Å². The van der Waals surface area contributed by atoms with Crippen molar-refractivity contribution < 1.29 is 9.90 Å². The van der Waals surface area contributed by atoms with Crippen LogP contribution in [-0.2, 0) is 4.79 Å². The standard InChI is InChI=1S/C27H31ClO2.C3H4/c1-27-14-22(17-5-10-24(28)21(13-17)15-2-3-15)26-19-8-6-18(29)12-16(19)4-7-20(26)23(27)9-11-25(27)30;1-3-2/h5,10,12-13,15,20,22-23,25,30H,2-4,6-9,11,14H2,1H3;1H,2H3. The number of rotatable bonds is 2. The number of ketones is 1. The molecule has 5 atom stereocenters. The summed E-state index contributed by atoms with van der Waals surface area (Å²) in [5, 5.41) is 11.9. The van der Waals surface area contributed by atoms with E-state index < -0.39 is 0 Å². The highest BCUT2D eigenvalue weighted by Crippen LogP contribution is 2.64. The summed E-state index contributed by atoms with van der Waals surface area (Å²) in [5.41, 5.74) is 7.10. The molecule has 174 valence electrons. The number of allylic oxidation sites excluding steroid dienone is 4. The lowest BCUT2D eigenvalue weighted by Crippen LogP contribution is -2.45. The number of halogens is 1. The summed E-state index contributed by atoms with van der Waals surface area (Å²) in [6.45, 7) is 4.00. The van der Waals surface area contributed by atoms with Crippen LogP contribution in [-0.4, -0.2) is 17.0 Å². The Balaban J connectivity index is 0.000000724. The van der Waals surface area contributed by atoms with Gasteiger partial charge in [-0.2, -0.15) is 0 Å². The third kappa shape index (κ3) is 3.92. The van der Waals surface area contributed by atoms with Crippen LogP contribution in [0.15, 0.2) is 41.0 Å². The monoisotopic (exact) mass is 462 g/mol. The maximum Gasteiger partial charge on any atom is 0.156 e. The SMILES string of the molecule is C#CC.CC12CC(c3ccc(Cl)c(C4CC4)c3)C3=C4CCC(=O)C=C4CCC3C1CCC2O. The van der Waals surface area contributed by atoms with E-state index in [1.807, 2.05) is 6.08 Å². The zero-order valence-electron chi connectivity index (χ0n) is 19.9. The molecule has 0 amide bonds. The normalized spacial score (nSPS) is 34.9. The highest BCUT2D eigenvalue weighted by Gasteiger charge is 2.56. The first kappa shape index (κ1) is 22.9. The number of hydrogen-bond acceptors (Lipinski definition) is 2. The Morgan fingerprint density at radius 2 is 1.88 bits per heavy atom. The van der Waals surface area contributed by atoms with Gasteiger partial charge in [-0.3, -0.25) is 4.79 Å². The van der Waals surface area contributed by atoms with E-state index in [0.29, 0.717) is 35.9 Å². The van der Waals surface area contributed by atoms with Crippen LogP contribution in [0.25, 0.3) is 0 Å². The molecule has 5 aliphatic rings. The van der Waals surface area contributed by atoms with Gasteiger partial charge >= 0.3 is 0 Å². The van der Waals surface area contributed by atoms with Crippen molar-refractivity contribution >= 4 is 17.4 Å². The largest absolute Gasteiger partial charge is 0.393 e. The number of carbonyl (C=O) groups excluding carboxylic acids is 1. The van der Waals surface area contributed by atoms with Gasteiger partial charge in [0.1, 0.15) is 0 Å². The highest BCUT2D eigenvalue weighted by molar-refractivity contribution is 6.31. The van der Waals surface area contributed by atoms with Crippen LogP contribution in [0.5, 0.6) is 0 Å². The molecular weight excluding hydrogens is 428 g/mol. The summed E-state index contributed by atoms with van der Waals surface area (Å²) >= 11 is 6.58. The van der Waals surface area contributed by atoms with Gasteiger partial charge in [-0.1, -0.05) is 36.2 Å². The predicted octanol–water partition coefficient (Wildman–Crippen LogP) is 7.12. The number of aliphatic hydroxyl groups excluding tert-OH is 1. The zero-order valence-corrected chi connectivity index (χ0v) is 20.6. The van der Waals surface area contributed by atoms with Crippen LogP contribution in [0.4, 0.5) is 0 Å². The molecule has 5 aliphatic carbocycles. The second-order valence-electron chi connectivity index (χ2n) is 11.0. The summed E-state index contributed by atoms with van der Waals surface area (Å²) in [4.78, 5) is 12.1. The molecule has 1 aromatic carbocycles. The first-order chi connectivity index (χ1) is 15.9. The number of benzene rings is 1. The fraction of sp³-hybridized carbons (Fsp3) is 0.567. The van der Waals surface area contributed by atoms with Gasteiger partial charge in [0.15, 0.2) is 5.78 Å². The Hall–Kier alpha value is -1.82. The smallest absolute Gasteiger partial charge is 0.156 e. The van der Waals surface area contributed by atoms with Crippen molar-refractivity contribution in [2.45, 2.75) is 89.6 Å². The van der Waals surface area contributed by atoms with Gasteiger partial charge in [0, 0.05) is 17.4 Å². The molecule has 1 aromatic rings. The molecule has 0 radical (unpaired) electrons. The Morgan fingerprint density at radius 1 is 1.12 bits per heavy atom. The molecule has 0 aromatic heterocycles. The molecule has 0 aliphatic heterocycles.